The number of amides is 2. The molecule has 0 radical (unpaired) electrons. The summed E-state index contributed by atoms with van der Waals surface area (Å²) >= 11 is 3.24. The maximum atomic E-state index is 12.6. The number of carbonyl (C=O) groups is 2. The fourth-order valence-electron chi connectivity index (χ4n) is 3.00. The second-order valence-corrected chi connectivity index (χ2v) is 7.71. The molecule has 0 aliphatic rings. The van der Waals surface area contributed by atoms with Gasteiger partial charge in [-0.15, -0.1) is 0 Å². The number of phenolic OH excluding ortho intramolecular Hbond substituents is 1. The highest BCUT2D eigenvalue weighted by Gasteiger charge is 2.19. The van der Waals surface area contributed by atoms with Gasteiger partial charge in [-0.1, -0.05) is 48.5 Å². The van der Waals surface area contributed by atoms with Crippen LogP contribution in [0.15, 0.2) is 82.4 Å². The lowest BCUT2D eigenvalue weighted by Crippen LogP contribution is -2.32. The molecule has 8 heteroatoms. The average molecular weight is 496 g/mol. The Hall–Kier alpha value is -3.65. The summed E-state index contributed by atoms with van der Waals surface area (Å²) in [5.74, 6) is -0.376. The summed E-state index contributed by atoms with van der Waals surface area (Å²) in [4.78, 5) is 25.1. The van der Waals surface area contributed by atoms with E-state index in [1.807, 2.05) is 36.4 Å². The maximum absolute atomic E-state index is 12.6. The molecule has 1 atom stereocenters. The zero-order valence-electron chi connectivity index (χ0n) is 17.3. The van der Waals surface area contributed by atoms with E-state index in [-0.39, 0.29) is 29.7 Å². The van der Waals surface area contributed by atoms with Crippen molar-refractivity contribution in [2.24, 2.45) is 5.10 Å². The number of halogens is 1. The standard InChI is InChI=1S/C24H22BrN3O4/c1-32-21-13-16(12-19(25)23(21)30)15-26-28-22(29)14-20(17-8-4-2-5-9-17)27-24(31)18-10-6-3-7-11-18/h2-13,15,20,30H,14H2,1H3,(H,27,31)(H,28,29)/b26-15-/t20-/m0/s1. The number of nitrogens with one attached hydrogen (secondary N) is 2. The van der Waals surface area contributed by atoms with Gasteiger partial charge in [0.1, 0.15) is 0 Å². The summed E-state index contributed by atoms with van der Waals surface area (Å²) in [5, 5.41) is 16.8. The van der Waals surface area contributed by atoms with E-state index in [4.69, 9.17) is 4.74 Å². The summed E-state index contributed by atoms with van der Waals surface area (Å²) in [5.41, 5.74) is 4.41. The molecule has 0 heterocycles. The number of ether oxygens (including phenoxy) is 1. The average Bonchev–Trinajstić information content (AvgIpc) is 2.81. The number of hydrazone groups is 1. The van der Waals surface area contributed by atoms with Crippen LogP contribution in [0.25, 0.3) is 0 Å². The molecule has 3 aromatic rings. The quantitative estimate of drug-likeness (QED) is 0.322. The van der Waals surface area contributed by atoms with Crippen molar-refractivity contribution >= 4 is 34.0 Å². The number of aromatic hydroxyl groups is 1. The van der Waals surface area contributed by atoms with E-state index in [2.05, 4.69) is 31.8 Å². The molecule has 164 valence electrons. The van der Waals surface area contributed by atoms with Gasteiger partial charge in [-0.3, -0.25) is 9.59 Å². The van der Waals surface area contributed by atoms with Crippen LogP contribution in [0.3, 0.4) is 0 Å². The van der Waals surface area contributed by atoms with Crippen molar-refractivity contribution < 1.29 is 19.4 Å². The Balaban J connectivity index is 1.68. The molecule has 0 aliphatic carbocycles. The number of nitrogens with zero attached hydrogens (tertiary/aromatic N) is 1. The lowest BCUT2D eigenvalue weighted by Gasteiger charge is -2.18. The van der Waals surface area contributed by atoms with Gasteiger partial charge in [-0.05, 0) is 51.3 Å². The molecular weight excluding hydrogens is 474 g/mol. The van der Waals surface area contributed by atoms with E-state index >= 15 is 0 Å². The predicted molar refractivity (Wildman–Crippen MR) is 126 cm³/mol. The van der Waals surface area contributed by atoms with Gasteiger partial charge < -0.3 is 15.2 Å². The van der Waals surface area contributed by atoms with Gasteiger partial charge >= 0.3 is 0 Å². The number of carbonyl (C=O) groups excluding carboxylic acids is 2. The van der Waals surface area contributed by atoms with Crippen molar-refractivity contribution in [2.45, 2.75) is 12.5 Å². The van der Waals surface area contributed by atoms with Crippen LogP contribution < -0.4 is 15.5 Å². The molecule has 3 aromatic carbocycles. The molecule has 0 aliphatic heterocycles. The van der Waals surface area contributed by atoms with Crippen molar-refractivity contribution in [1.82, 2.24) is 10.7 Å². The number of methoxy groups -OCH3 is 1. The van der Waals surface area contributed by atoms with E-state index in [0.29, 0.717) is 15.6 Å². The van der Waals surface area contributed by atoms with Gasteiger partial charge in [0.2, 0.25) is 5.91 Å². The number of benzene rings is 3. The normalized spacial score (nSPS) is 11.7. The first-order valence-corrected chi connectivity index (χ1v) is 10.6. The van der Waals surface area contributed by atoms with Crippen LogP contribution in [0, 0.1) is 0 Å². The van der Waals surface area contributed by atoms with Gasteiger partial charge in [-0.2, -0.15) is 5.10 Å². The van der Waals surface area contributed by atoms with E-state index in [9.17, 15) is 14.7 Å². The fourth-order valence-corrected chi connectivity index (χ4v) is 3.46. The molecule has 0 spiro atoms. The Labute approximate surface area is 194 Å². The van der Waals surface area contributed by atoms with Gasteiger partial charge in [0.25, 0.3) is 5.91 Å². The summed E-state index contributed by atoms with van der Waals surface area (Å²) < 4.78 is 5.54. The summed E-state index contributed by atoms with van der Waals surface area (Å²) in [6, 6.07) is 20.8. The number of hydrogen-bond donors (Lipinski definition) is 3. The van der Waals surface area contributed by atoms with Crippen LogP contribution in [-0.2, 0) is 4.79 Å². The van der Waals surface area contributed by atoms with E-state index < -0.39 is 6.04 Å². The van der Waals surface area contributed by atoms with Crippen LogP contribution in [0.4, 0.5) is 0 Å². The van der Waals surface area contributed by atoms with Gasteiger partial charge in [-0.25, -0.2) is 5.43 Å². The van der Waals surface area contributed by atoms with Crippen LogP contribution in [-0.4, -0.2) is 30.2 Å². The van der Waals surface area contributed by atoms with Crippen molar-refractivity contribution in [3.05, 3.63) is 94.0 Å². The lowest BCUT2D eigenvalue weighted by atomic mass is 10.0. The molecule has 2 amide bonds. The first-order valence-electron chi connectivity index (χ1n) is 9.77. The molecule has 3 rings (SSSR count). The summed E-state index contributed by atoms with van der Waals surface area (Å²) in [7, 11) is 1.44. The Morgan fingerprint density at radius 2 is 1.75 bits per heavy atom. The Bertz CT molecular complexity index is 1100. The first kappa shape index (κ1) is 23.0. The number of hydrogen-bond acceptors (Lipinski definition) is 5. The largest absolute Gasteiger partial charge is 0.503 e. The maximum Gasteiger partial charge on any atom is 0.251 e. The summed E-state index contributed by atoms with van der Waals surface area (Å²) in [6.07, 6.45) is 1.44. The van der Waals surface area contributed by atoms with Crippen LogP contribution in [0.2, 0.25) is 0 Å². The van der Waals surface area contributed by atoms with Crippen LogP contribution in [0.5, 0.6) is 11.5 Å². The first-order chi connectivity index (χ1) is 15.5. The predicted octanol–water partition coefficient (Wildman–Crippen LogP) is 4.17. The minimum Gasteiger partial charge on any atom is -0.503 e. The number of rotatable bonds is 8. The van der Waals surface area contributed by atoms with E-state index in [1.54, 1.807) is 36.4 Å². The molecule has 3 N–H and O–H groups in total. The van der Waals surface area contributed by atoms with Crippen molar-refractivity contribution in [3.8, 4) is 11.5 Å². The molecule has 32 heavy (non-hydrogen) atoms. The van der Waals surface area contributed by atoms with Crippen LogP contribution in [0.1, 0.15) is 33.9 Å². The third-order valence-electron chi connectivity index (χ3n) is 4.61. The highest BCUT2D eigenvalue weighted by Crippen LogP contribution is 2.34. The third-order valence-corrected chi connectivity index (χ3v) is 5.21. The Morgan fingerprint density at radius 3 is 2.41 bits per heavy atom. The second-order valence-electron chi connectivity index (χ2n) is 6.85. The van der Waals surface area contributed by atoms with Crippen molar-refractivity contribution in [3.63, 3.8) is 0 Å². The van der Waals surface area contributed by atoms with Crippen LogP contribution >= 0.6 is 15.9 Å². The minimum absolute atomic E-state index is 0.00250. The van der Waals surface area contributed by atoms with E-state index in [1.165, 1.54) is 13.3 Å². The monoisotopic (exact) mass is 495 g/mol. The minimum atomic E-state index is -0.526. The number of phenols is 1. The van der Waals surface area contributed by atoms with Crippen molar-refractivity contribution in [1.29, 1.82) is 0 Å². The molecule has 0 fully saturated rings. The van der Waals surface area contributed by atoms with Gasteiger partial charge in [0.05, 0.1) is 30.3 Å². The van der Waals surface area contributed by atoms with E-state index in [0.717, 1.165) is 5.56 Å². The summed E-state index contributed by atoms with van der Waals surface area (Å²) in [6.45, 7) is 0. The SMILES string of the molecule is COc1cc(/C=N\NC(=O)C[C@H](NC(=O)c2ccccc2)c2ccccc2)cc(Br)c1O. The highest BCUT2D eigenvalue weighted by molar-refractivity contribution is 9.10. The second kappa shape index (κ2) is 11.1. The molecule has 0 aromatic heterocycles. The molecule has 0 unspecified atom stereocenters. The lowest BCUT2D eigenvalue weighted by molar-refractivity contribution is -0.121. The molecule has 0 saturated carbocycles. The Morgan fingerprint density at radius 1 is 1.09 bits per heavy atom. The molecule has 7 nitrogen and oxygen atoms in total. The van der Waals surface area contributed by atoms with Gasteiger partial charge in [0.15, 0.2) is 11.5 Å². The molecular formula is C24H22BrN3O4. The molecule has 0 saturated heterocycles. The fraction of sp³-hybridized carbons (Fsp3) is 0.125. The smallest absolute Gasteiger partial charge is 0.251 e. The van der Waals surface area contributed by atoms with Gasteiger partial charge in [0, 0.05) is 5.56 Å². The molecule has 0 bridgehead atoms. The zero-order chi connectivity index (χ0) is 22.9. The van der Waals surface area contributed by atoms with Crippen molar-refractivity contribution in [2.75, 3.05) is 7.11 Å². The third kappa shape index (κ3) is 6.18. The zero-order valence-corrected chi connectivity index (χ0v) is 18.9. The Kier molecular flexibility index (Phi) is 7.99. The highest BCUT2D eigenvalue weighted by atomic mass is 79.9. The topological polar surface area (TPSA) is 100 Å².